The van der Waals surface area contributed by atoms with Crippen LogP contribution in [0.4, 0.5) is 5.69 Å². The predicted octanol–water partition coefficient (Wildman–Crippen LogP) is 3.13. The first-order valence-corrected chi connectivity index (χ1v) is 9.92. The van der Waals surface area contributed by atoms with Gasteiger partial charge < -0.3 is 15.6 Å². The molecule has 3 aromatic rings. The minimum Gasteiger partial charge on any atom is -0.388 e. The lowest BCUT2D eigenvalue weighted by Gasteiger charge is -2.12. The Bertz CT molecular complexity index is 1200. The van der Waals surface area contributed by atoms with Crippen LogP contribution < -0.4 is 10.6 Å². The lowest BCUT2D eigenvalue weighted by molar-refractivity contribution is 0.0952. The Morgan fingerprint density at radius 2 is 2.27 bits per heavy atom. The topological polar surface area (TPSA) is 130 Å². The van der Waals surface area contributed by atoms with Crippen LogP contribution in [0.1, 0.15) is 28.5 Å². The summed E-state index contributed by atoms with van der Waals surface area (Å²) in [6.45, 7) is 2.09. The first kappa shape index (κ1) is 19.9. The molecule has 4 rings (SSSR count). The highest BCUT2D eigenvalue weighted by molar-refractivity contribution is 6.74. The first-order valence-electron chi connectivity index (χ1n) is 9.54. The van der Waals surface area contributed by atoms with Gasteiger partial charge in [-0.2, -0.15) is 5.26 Å². The van der Waals surface area contributed by atoms with Gasteiger partial charge in [0.25, 0.3) is 5.91 Å². The summed E-state index contributed by atoms with van der Waals surface area (Å²) < 4.78 is 0. The largest absolute Gasteiger partial charge is 0.388 e. The molecule has 30 heavy (non-hydrogen) atoms. The van der Waals surface area contributed by atoms with Crippen molar-refractivity contribution < 1.29 is 4.79 Å². The SMILES string of the molecule is CNc1cc(Cl)ccc1C(=N)c1cnc2[nH]cc(C(=O)N[C@H](C)B3C[C@H]3C#N)c2n1. The second-order valence-electron chi connectivity index (χ2n) is 7.37. The zero-order valence-electron chi connectivity index (χ0n) is 16.5. The number of halogens is 1. The second kappa shape index (κ2) is 7.80. The fourth-order valence-electron chi connectivity index (χ4n) is 3.57. The van der Waals surface area contributed by atoms with Crippen LogP contribution in [0.15, 0.2) is 30.6 Å². The standard InChI is InChI=1S/C20H19BClN7O/c1-10(21-6-11(21)7-23)28-20(30)14-8-26-19-18(14)29-16(9-27-19)17(24)13-4-3-12(22)5-15(13)25-2/h3-5,8-11,24-25H,6H2,1-2H3,(H,26,27)(H,28,30)/t10-,11+/m1/s1. The van der Waals surface area contributed by atoms with E-state index in [4.69, 9.17) is 22.3 Å². The molecule has 4 N–H and O–H groups in total. The lowest BCUT2D eigenvalue weighted by Crippen LogP contribution is -2.38. The van der Waals surface area contributed by atoms with E-state index >= 15 is 0 Å². The van der Waals surface area contributed by atoms with Crippen LogP contribution >= 0.6 is 11.6 Å². The van der Waals surface area contributed by atoms with E-state index in [9.17, 15) is 4.79 Å². The zero-order valence-corrected chi connectivity index (χ0v) is 17.2. The highest BCUT2D eigenvalue weighted by Crippen LogP contribution is 2.38. The van der Waals surface area contributed by atoms with Gasteiger partial charge in [-0.15, -0.1) is 0 Å². The molecule has 0 aliphatic carbocycles. The number of aromatic amines is 1. The molecule has 1 fully saturated rings. The summed E-state index contributed by atoms with van der Waals surface area (Å²) in [5.41, 5.74) is 3.06. The smallest absolute Gasteiger partial charge is 0.254 e. The Morgan fingerprint density at radius 1 is 1.47 bits per heavy atom. The molecule has 0 radical (unpaired) electrons. The van der Waals surface area contributed by atoms with Crippen LogP contribution in [0, 0.1) is 16.7 Å². The highest BCUT2D eigenvalue weighted by atomic mass is 35.5. The van der Waals surface area contributed by atoms with Gasteiger partial charge in [0.05, 0.1) is 23.5 Å². The van der Waals surface area contributed by atoms with Gasteiger partial charge in [0.2, 0.25) is 0 Å². The molecular formula is C20H19BClN7O. The average Bonchev–Trinajstić information content (AvgIpc) is 3.43. The maximum atomic E-state index is 12.8. The van der Waals surface area contributed by atoms with Gasteiger partial charge in [-0.25, -0.2) is 9.97 Å². The number of nitriles is 1. The second-order valence-corrected chi connectivity index (χ2v) is 7.80. The molecule has 8 nitrogen and oxygen atoms in total. The number of nitrogens with one attached hydrogen (secondary N) is 4. The van der Waals surface area contributed by atoms with Crippen molar-refractivity contribution in [1.82, 2.24) is 20.3 Å². The molecule has 1 aliphatic rings. The van der Waals surface area contributed by atoms with E-state index in [2.05, 4.69) is 31.7 Å². The summed E-state index contributed by atoms with van der Waals surface area (Å²) in [5, 5.41) is 24.1. The molecule has 1 aliphatic heterocycles. The fourth-order valence-corrected chi connectivity index (χ4v) is 3.74. The summed E-state index contributed by atoms with van der Waals surface area (Å²) >= 11 is 6.05. The number of aromatic nitrogens is 3. The van der Waals surface area contributed by atoms with Crippen molar-refractivity contribution in [3.8, 4) is 6.07 Å². The summed E-state index contributed by atoms with van der Waals surface area (Å²) in [6.07, 6.45) is 3.87. The third kappa shape index (κ3) is 3.62. The maximum Gasteiger partial charge on any atom is 0.254 e. The zero-order chi connectivity index (χ0) is 21.4. The minimum atomic E-state index is -0.280. The number of carbonyl (C=O) groups excluding carboxylic acids is 1. The number of anilines is 1. The van der Waals surface area contributed by atoms with Crippen LogP contribution in [-0.4, -0.2) is 46.3 Å². The van der Waals surface area contributed by atoms with Crippen molar-refractivity contribution in [2.75, 3.05) is 12.4 Å². The van der Waals surface area contributed by atoms with E-state index in [-0.39, 0.29) is 30.1 Å². The van der Waals surface area contributed by atoms with Gasteiger partial charge in [-0.3, -0.25) is 10.2 Å². The van der Waals surface area contributed by atoms with Crippen LogP contribution in [0.5, 0.6) is 0 Å². The van der Waals surface area contributed by atoms with E-state index in [0.29, 0.717) is 38.7 Å². The summed E-state index contributed by atoms with van der Waals surface area (Å²) in [6, 6.07) is 7.43. The van der Waals surface area contributed by atoms with Gasteiger partial charge in [-0.1, -0.05) is 24.8 Å². The number of hydrogen-bond acceptors (Lipinski definition) is 6. The van der Waals surface area contributed by atoms with Crippen LogP contribution in [0.2, 0.25) is 17.2 Å². The van der Waals surface area contributed by atoms with Crippen molar-refractivity contribution in [1.29, 1.82) is 10.7 Å². The number of rotatable bonds is 6. The molecule has 0 unspecified atom stereocenters. The van der Waals surface area contributed by atoms with Crippen molar-refractivity contribution in [3.63, 3.8) is 0 Å². The number of hydrogen-bond donors (Lipinski definition) is 4. The lowest BCUT2D eigenvalue weighted by atomic mass is 9.60. The van der Waals surface area contributed by atoms with E-state index in [1.165, 1.54) is 6.20 Å². The van der Waals surface area contributed by atoms with Crippen molar-refractivity contribution in [2.45, 2.75) is 25.0 Å². The Morgan fingerprint density at radius 3 is 2.97 bits per heavy atom. The monoisotopic (exact) mass is 419 g/mol. The van der Waals surface area contributed by atoms with Gasteiger partial charge in [0.1, 0.15) is 11.2 Å². The van der Waals surface area contributed by atoms with Gasteiger partial charge in [0, 0.05) is 41.3 Å². The number of fused-ring (bicyclic) bond motifs is 1. The summed E-state index contributed by atoms with van der Waals surface area (Å²) in [5.74, 6) is -0.373. The third-order valence-electron chi connectivity index (χ3n) is 5.41. The summed E-state index contributed by atoms with van der Waals surface area (Å²) in [7, 11) is 1.75. The Labute approximate surface area is 178 Å². The van der Waals surface area contributed by atoms with E-state index in [1.807, 2.05) is 6.92 Å². The molecular weight excluding hydrogens is 401 g/mol. The van der Waals surface area contributed by atoms with Crippen molar-refractivity contribution in [2.24, 2.45) is 0 Å². The Hall–Kier alpha value is -3.38. The normalized spacial score (nSPS) is 16.1. The molecule has 2 aromatic heterocycles. The maximum absolute atomic E-state index is 12.8. The van der Waals surface area contributed by atoms with Crippen LogP contribution in [-0.2, 0) is 0 Å². The van der Waals surface area contributed by atoms with Gasteiger partial charge >= 0.3 is 0 Å². The van der Waals surface area contributed by atoms with Gasteiger partial charge in [-0.05, 0) is 18.2 Å². The molecule has 3 heterocycles. The predicted molar refractivity (Wildman–Crippen MR) is 118 cm³/mol. The molecule has 1 amide bonds. The summed E-state index contributed by atoms with van der Waals surface area (Å²) in [4.78, 5) is 24.6. The molecule has 0 spiro atoms. The van der Waals surface area contributed by atoms with Crippen molar-refractivity contribution in [3.05, 3.63) is 52.4 Å². The Balaban J connectivity index is 1.62. The quantitative estimate of drug-likeness (QED) is 0.360. The number of amides is 1. The molecule has 2 atom stereocenters. The number of carbonyl (C=O) groups is 1. The minimum absolute atomic E-state index is 0.0101. The highest BCUT2D eigenvalue weighted by Gasteiger charge is 2.46. The van der Waals surface area contributed by atoms with Crippen LogP contribution in [0.25, 0.3) is 11.2 Å². The average molecular weight is 420 g/mol. The Kier molecular flexibility index (Phi) is 5.18. The number of nitrogens with zero attached hydrogens (tertiary/aromatic N) is 3. The molecule has 0 bridgehead atoms. The van der Waals surface area contributed by atoms with Gasteiger partial charge in [0.15, 0.2) is 12.4 Å². The molecule has 1 saturated heterocycles. The molecule has 10 heteroatoms. The van der Waals surface area contributed by atoms with E-state index in [0.717, 1.165) is 6.32 Å². The molecule has 0 saturated carbocycles. The van der Waals surface area contributed by atoms with E-state index in [1.54, 1.807) is 31.4 Å². The van der Waals surface area contributed by atoms with Crippen LogP contribution in [0.3, 0.4) is 0 Å². The molecule has 1 aromatic carbocycles. The fraction of sp³-hybridized carbons (Fsp3) is 0.250. The third-order valence-corrected chi connectivity index (χ3v) is 5.64. The molecule has 150 valence electrons. The number of H-pyrrole nitrogens is 1. The van der Waals surface area contributed by atoms with Crippen molar-refractivity contribution >= 4 is 46.8 Å². The van der Waals surface area contributed by atoms with E-state index < -0.39 is 0 Å². The number of benzene rings is 1. The first-order chi connectivity index (χ1) is 14.4.